The lowest BCUT2D eigenvalue weighted by molar-refractivity contribution is 0.330. The van der Waals surface area contributed by atoms with E-state index in [1.165, 1.54) is 0 Å². The normalized spacial score (nSPS) is 11.6. The van der Waals surface area contributed by atoms with Gasteiger partial charge in [0.05, 0.1) is 5.56 Å². The minimum absolute atomic E-state index is 0.185. The number of aromatic hydroxyl groups is 5. The smallest absolute Gasteiger partial charge is 0.208 e. The molecule has 1 heterocycles. The maximum absolute atomic E-state index is 11.1. The predicted octanol–water partition coefficient (Wildman–Crippen LogP) is 11.1. The summed E-state index contributed by atoms with van der Waals surface area (Å²) in [5, 5.41) is 58.2. The zero-order valence-electron chi connectivity index (χ0n) is 26.4. The number of fused-ring (bicyclic) bond motifs is 5. The third-order valence-electron chi connectivity index (χ3n) is 9.60. The van der Waals surface area contributed by atoms with Crippen molar-refractivity contribution in [1.82, 2.24) is 0 Å². The molecule has 50 heavy (non-hydrogen) atoms. The van der Waals surface area contributed by atoms with Crippen LogP contribution in [0.15, 0.2) is 144 Å². The highest BCUT2D eigenvalue weighted by Gasteiger charge is 2.28. The molecule has 0 fully saturated rings. The first-order valence-electron chi connectivity index (χ1n) is 16.1. The topological polar surface area (TPSA) is 114 Å². The summed E-state index contributed by atoms with van der Waals surface area (Å²) in [5.74, 6) is -4.32. The zero-order valence-corrected chi connectivity index (χ0v) is 26.4. The van der Waals surface area contributed by atoms with Crippen molar-refractivity contribution < 1.29 is 29.9 Å². The van der Waals surface area contributed by atoms with Crippen molar-refractivity contribution in [3.63, 3.8) is 0 Å². The van der Waals surface area contributed by atoms with Crippen LogP contribution in [0.4, 0.5) is 0 Å². The molecule has 9 rings (SSSR count). The fraction of sp³-hybridized carbons (Fsp3) is 0. The molecule has 0 unspecified atom stereocenters. The molecule has 0 aliphatic rings. The lowest BCUT2D eigenvalue weighted by Gasteiger charge is -2.20. The number of hydrogen-bond acceptors (Lipinski definition) is 6. The van der Waals surface area contributed by atoms with Crippen LogP contribution in [0.5, 0.6) is 28.7 Å². The van der Waals surface area contributed by atoms with Crippen LogP contribution in [0.2, 0.25) is 0 Å². The predicted molar refractivity (Wildman–Crippen MR) is 199 cm³/mol. The fourth-order valence-electron chi connectivity index (χ4n) is 7.34. The summed E-state index contributed by atoms with van der Waals surface area (Å²) < 4.78 is 6.55. The van der Waals surface area contributed by atoms with Gasteiger partial charge >= 0.3 is 0 Å². The lowest BCUT2D eigenvalue weighted by atomic mass is 9.85. The number of benzene rings is 8. The van der Waals surface area contributed by atoms with E-state index in [1.54, 1.807) is 0 Å². The fourth-order valence-corrected chi connectivity index (χ4v) is 7.34. The van der Waals surface area contributed by atoms with Crippen LogP contribution in [-0.2, 0) is 0 Å². The van der Waals surface area contributed by atoms with Gasteiger partial charge in [-0.15, -0.1) is 0 Å². The maximum atomic E-state index is 11.1. The molecule has 0 radical (unpaired) electrons. The van der Waals surface area contributed by atoms with Crippen LogP contribution in [0.25, 0.3) is 88.0 Å². The maximum Gasteiger partial charge on any atom is 0.208 e. The lowest BCUT2D eigenvalue weighted by Crippen LogP contribution is -1.92. The molecule has 0 saturated heterocycles. The molecule has 6 heteroatoms. The molecular weight excluding hydrogens is 624 g/mol. The van der Waals surface area contributed by atoms with E-state index in [4.69, 9.17) is 4.42 Å². The number of furan rings is 1. The Morgan fingerprint density at radius 1 is 0.320 bits per heavy atom. The average Bonchev–Trinajstić information content (AvgIpc) is 3.54. The third-order valence-corrected chi connectivity index (χ3v) is 9.60. The van der Waals surface area contributed by atoms with E-state index >= 15 is 0 Å². The molecule has 0 amide bonds. The summed E-state index contributed by atoms with van der Waals surface area (Å²) in [5.41, 5.74) is 7.87. The van der Waals surface area contributed by atoms with Crippen LogP contribution in [-0.4, -0.2) is 25.5 Å². The van der Waals surface area contributed by atoms with Gasteiger partial charge in [0.25, 0.3) is 0 Å². The van der Waals surface area contributed by atoms with E-state index in [1.807, 2.05) is 97.1 Å². The van der Waals surface area contributed by atoms with Crippen LogP contribution in [0.1, 0.15) is 0 Å². The van der Waals surface area contributed by atoms with Crippen molar-refractivity contribution in [2.24, 2.45) is 0 Å². The molecule has 6 nitrogen and oxygen atoms in total. The van der Waals surface area contributed by atoms with E-state index in [0.29, 0.717) is 16.3 Å². The molecule has 240 valence electrons. The van der Waals surface area contributed by atoms with Crippen LogP contribution in [0, 0.1) is 0 Å². The van der Waals surface area contributed by atoms with E-state index in [9.17, 15) is 25.5 Å². The van der Waals surface area contributed by atoms with E-state index in [0.717, 1.165) is 66.1 Å². The minimum Gasteiger partial charge on any atom is -0.504 e. The first-order chi connectivity index (χ1) is 24.4. The molecule has 0 spiro atoms. The van der Waals surface area contributed by atoms with Gasteiger partial charge in [0.2, 0.25) is 17.2 Å². The van der Waals surface area contributed by atoms with E-state index in [2.05, 4.69) is 42.5 Å². The highest BCUT2D eigenvalue weighted by molar-refractivity contribution is 6.24. The van der Waals surface area contributed by atoms with Crippen molar-refractivity contribution in [3.8, 4) is 73.3 Å². The van der Waals surface area contributed by atoms with Gasteiger partial charge in [0.1, 0.15) is 11.2 Å². The Morgan fingerprint density at radius 2 is 0.820 bits per heavy atom. The molecule has 8 aromatic carbocycles. The molecule has 5 N–H and O–H groups in total. The zero-order chi connectivity index (χ0) is 34.1. The van der Waals surface area contributed by atoms with Gasteiger partial charge in [0.15, 0.2) is 11.5 Å². The number of phenols is 5. The van der Waals surface area contributed by atoms with Crippen molar-refractivity contribution in [1.29, 1.82) is 0 Å². The standard InChI is InChI=1S/C44H28O6/c45-40-39(41(46)43(48)44(49)42(40)47)38-30-17-9-7-15-28(30)36(29-16-8-10-18-31(29)38)26-19-20-34-33(21-26)37-32(25-13-5-2-6-14-25)22-27(23-35(37)50-34)24-11-3-1-4-12-24/h1-23,45-49H. The summed E-state index contributed by atoms with van der Waals surface area (Å²) in [6.45, 7) is 0. The van der Waals surface area contributed by atoms with Gasteiger partial charge in [0, 0.05) is 16.3 Å². The van der Waals surface area contributed by atoms with Crippen LogP contribution >= 0.6 is 0 Å². The summed E-state index contributed by atoms with van der Waals surface area (Å²) in [6.07, 6.45) is 0. The molecule has 9 aromatic rings. The van der Waals surface area contributed by atoms with Gasteiger partial charge in [-0.3, -0.25) is 0 Å². The molecule has 1 aromatic heterocycles. The minimum atomic E-state index is -1.000. The number of hydrogen-bond donors (Lipinski definition) is 5. The highest BCUT2D eigenvalue weighted by Crippen LogP contribution is 2.58. The molecular formula is C44H28O6. The van der Waals surface area contributed by atoms with Crippen molar-refractivity contribution in [2.45, 2.75) is 0 Å². The van der Waals surface area contributed by atoms with Crippen molar-refractivity contribution >= 4 is 43.5 Å². The van der Waals surface area contributed by atoms with E-state index in [-0.39, 0.29) is 5.56 Å². The summed E-state index contributed by atoms with van der Waals surface area (Å²) in [4.78, 5) is 0. The van der Waals surface area contributed by atoms with E-state index < -0.39 is 28.7 Å². The Bertz CT molecular complexity index is 2710. The van der Waals surface area contributed by atoms with Gasteiger partial charge in [-0.05, 0) is 79.2 Å². The van der Waals surface area contributed by atoms with Crippen molar-refractivity contribution in [3.05, 3.63) is 140 Å². The SMILES string of the molecule is Oc1c(O)c(O)c(-c2c3ccccc3c(-c3ccc4oc5cc(-c6ccccc6)cc(-c6ccccc6)c5c4c3)c3ccccc23)c(O)c1O. The quantitative estimate of drug-likeness (QED) is 0.0734. The summed E-state index contributed by atoms with van der Waals surface area (Å²) >= 11 is 0. The molecule has 0 aliphatic heterocycles. The Labute approximate surface area is 285 Å². The average molecular weight is 653 g/mol. The molecule has 0 aliphatic carbocycles. The van der Waals surface area contributed by atoms with Gasteiger partial charge in [-0.1, -0.05) is 115 Å². The molecule has 0 saturated carbocycles. The van der Waals surface area contributed by atoms with Crippen LogP contribution < -0.4 is 0 Å². The second-order valence-corrected chi connectivity index (χ2v) is 12.4. The first kappa shape index (κ1) is 29.2. The Kier molecular flexibility index (Phi) is 6.48. The number of rotatable bonds is 4. The van der Waals surface area contributed by atoms with Gasteiger partial charge < -0.3 is 29.9 Å². The largest absolute Gasteiger partial charge is 0.504 e. The monoisotopic (exact) mass is 652 g/mol. The third kappa shape index (κ3) is 4.29. The van der Waals surface area contributed by atoms with Gasteiger partial charge in [-0.2, -0.15) is 0 Å². The number of phenolic OH excluding ortho intramolecular Hbond substituents is 5. The van der Waals surface area contributed by atoms with Crippen LogP contribution in [0.3, 0.4) is 0 Å². The molecule has 0 atom stereocenters. The Balaban J connectivity index is 1.36. The Hall–Kier alpha value is -6.92. The first-order valence-corrected chi connectivity index (χ1v) is 16.1. The summed E-state index contributed by atoms with van der Waals surface area (Å²) in [7, 11) is 0. The molecule has 0 bridgehead atoms. The second-order valence-electron chi connectivity index (χ2n) is 12.4. The van der Waals surface area contributed by atoms with Crippen molar-refractivity contribution in [2.75, 3.05) is 0 Å². The van der Waals surface area contributed by atoms with Gasteiger partial charge in [-0.25, -0.2) is 0 Å². The second kappa shape index (κ2) is 11.1. The Morgan fingerprint density at radius 3 is 1.40 bits per heavy atom. The highest BCUT2D eigenvalue weighted by atomic mass is 16.4. The summed E-state index contributed by atoms with van der Waals surface area (Å²) in [6, 6.07) is 46.2.